The van der Waals surface area contributed by atoms with Gasteiger partial charge < -0.3 is 9.84 Å². The fourth-order valence-electron chi connectivity index (χ4n) is 3.05. The van der Waals surface area contributed by atoms with E-state index in [0.29, 0.717) is 28.1 Å². The van der Waals surface area contributed by atoms with E-state index >= 15 is 0 Å². The normalized spacial score (nSPS) is 11.5. The van der Waals surface area contributed by atoms with Crippen LogP contribution in [-0.4, -0.2) is 22.5 Å². The second-order valence-electron chi connectivity index (χ2n) is 7.65. The van der Waals surface area contributed by atoms with Crippen molar-refractivity contribution in [2.75, 3.05) is 0 Å². The number of carbonyl (C=O) groups excluding carboxylic acids is 1. The molecule has 0 heterocycles. The van der Waals surface area contributed by atoms with Crippen LogP contribution >= 0.6 is 0 Å². The van der Waals surface area contributed by atoms with Crippen LogP contribution in [0, 0.1) is 32.6 Å². The summed E-state index contributed by atoms with van der Waals surface area (Å²) in [5.41, 5.74) is 3.17. The van der Waals surface area contributed by atoms with Crippen molar-refractivity contribution in [3.63, 3.8) is 0 Å². The summed E-state index contributed by atoms with van der Waals surface area (Å²) in [6, 6.07) is 6.97. The van der Waals surface area contributed by atoms with Crippen LogP contribution in [0.15, 0.2) is 35.5 Å². The number of rotatable bonds is 7. The molecule has 6 nitrogen and oxygen atoms in total. The molecule has 29 heavy (non-hydrogen) atoms. The molecule has 152 valence electrons. The van der Waals surface area contributed by atoms with Gasteiger partial charge in [0.2, 0.25) is 0 Å². The summed E-state index contributed by atoms with van der Waals surface area (Å²) in [5.74, 6) is -0.715. The van der Waals surface area contributed by atoms with Gasteiger partial charge in [-0.2, -0.15) is 0 Å². The van der Waals surface area contributed by atoms with E-state index in [-0.39, 0.29) is 5.78 Å². The Bertz CT molecular complexity index is 972. The fraction of sp³-hybridized carbons (Fsp3) is 0.304. The summed E-state index contributed by atoms with van der Waals surface area (Å²) in [6.45, 7) is 10.1. The van der Waals surface area contributed by atoms with Gasteiger partial charge in [0.05, 0.1) is 0 Å². The first-order valence-corrected chi connectivity index (χ1v) is 9.17. The fourth-order valence-corrected chi connectivity index (χ4v) is 3.05. The molecule has 0 unspecified atom stereocenters. The van der Waals surface area contributed by atoms with Gasteiger partial charge >= 0.3 is 5.97 Å². The number of ether oxygens (including phenoxy) is 1. The zero-order valence-electron chi connectivity index (χ0n) is 17.5. The molecule has 2 aromatic carbocycles. The largest absolute Gasteiger partial charge is 0.478 e. The minimum atomic E-state index is -1.35. The van der Waals surface area contributed by atoms with Crippen LogP contribution in [0.4, 0.5) is 5.69 Å². The molecular weight excluding hydrogens is 370 g/mol. The maximum Gasteiger partial charge on any atom is 0.347 e. The average Bonchev–Trinajstić information content (AvgIpc) is 2.62. The number of nitroso groups, excluding NO2 is 1. The highest BCUT2D eigenvalue weighted by Gasteiger charge is 2.30. The lowest BCUT2D eigenvalue weighted by atomic mass is 10.0. The Balaban J connectivity index is 2.28. The van der Waals surface area contributed by atoms with Gasteiger partial charge in [-0.3, -0.25) is 4.79 Å². The third-order valence-electron chi connectivity index (χ3n) is 4.65. The maximum absolute atomic E-state index is 12.5. The topological polar surface area (TPSA) is 93.0 Å². The molecule has 0 aliphatic rings. The van der Waals surface area contributed by atoms with Gasteiger partial charge in [-0.05, 0) is 105 Å². The maximum atomic E-state index is 12.5. The molecule has 0 spiro atoms. The van der Waals surface area contributed by atoms with Gasteiger partial charge in [0.15, 0.2) is 11.4 Å². The molecule has 0 radical (unpaired) electrons. The lowest BCUT2D eigenvalue weighted by molar-refractivity contribution is -0.152. The van der Waals surface area contributed by atoms with E-state index in [1.54, 1.807) is 32.1 Å². The average molecular weight is 395 g/mol. The Labute approximate surface area is 170 Å². The van der Waals surface area contributed by atoms with Crippen LogP contribution in [0.1, 0.15) is 52.0 Å². The van der Waals surface area contributed by atoms with E-state index in [1.807, 2.05) is 26.0 Å². The van der Waals surface area contributed by atoms with Gasteiger partial charge in [-0.15, -0.1) is 4.91 Å². The number of carbonyl (C=O) groups is 2. The van der Waals surface area contributed by atoms with Crippen molar-refractivity contribution < 1.29 is 19.4 Å². The zero-order valence-corrected chi connectivity index (χ0v) is 17.5. The Morgan fingerprint density at radius 3 is 1.93 bits per heavy atom. The van der Waals surface area contributed by atoms with Gasteiger partial charge in [-0.1, -0.05) is 6.08 Å². The van der Waals surface area contributed by atoms with Gasteiger partial charge in [0.25, 0.3) is 0 Å². The van der Waals surface area contributed by atoms with Crippen molar-refractivity contribution in [2.24, 2.45) is 5.18 Å². The summed E-state index contributed by atoms with van der Waals surface area (Å²) >= 11 is 0. The summed E-state index contributed by atoms with van der Waals surface area (Å²) in [6.07, 6.45) is 3.17. The van der Waals surface area contributed by atoms with E-state index < -0.39 is 11.6 Å². The highest BCUT2D eigenvalue weighted by molar-refractivity contribution is 6.07. The second-order valence-corrected chi connectivity index (χ2v) is 7.65. The first kappa shape index (κ1) is 22.0. The lowest BCUT2D eigenvalue weighted by Gasteiger charge is -2.24. The molecule has 0 bridgehead atoms. The molecule has 0 aromatic heterocycles. The molecular formula is C23H25NO5. The summed E-state index contributed by atoms with van der Waals surface area (Å²) in [4.78, 5) is 34.7. The Kier molecular flexibility index (Phi) is 6.37. The standard InChI is InChI=1S/C23H25NO5/c1-13-11-18(12-14(2)20(13)24-28)19(25)8-7-17-9-15(3)21(16(4)10-17)29-23(5,6)22(26)27/h7-12H,1-6H3,(H,26,27)/b8-7+. The number of ketones is 1. The second kappa shape index (κ2) is 8.39. The van der Waals surface area contributed by atoms with E-state index in [4.69, 9.17) is 4.74 Å². The molecule has 2 aromatic rings. The molecule has 0 fully saturated rings. The van der Waals surface area contributed by atoms with E-state index in [0.717, 1.165) is 16.7 Å². The monoisotopic (exact) mass is 395 g/mol. The third-order valence-corrected chi connectivity index (χ3v) is 4.65. The predicted molar refractivity (Wildman–Crippen MR) is 113 cm³/mol. The number of hydrogen-bond acceptors (Lipinski definition) is 5. The van der Waals surface area contributed by atoms with Crippen LogP contribution in [-0.2, 0) is 4.79 Å². The first-order chi connectivity index (χ1) is 13.5. The third kappa shape index (κ3) is 4.96. The van der Waals surface area contributed by atoms with Crippen LogP contribution in [0.25, 0.3) is 6.08 Å². The molecule has 1 N–H and O–H groups in total. The molecule has 0 atom stereocenters. The molecule has 0 saturated carbocycles. The van der Waals surface area contributed by atoms with Crippen LogP contribution in [0.3, 0.4) is 0 Å². The predicted octanol–water partition coefficient (Wildman–Crippen LogP) is 5.46. The molecule has 2 rings (SSSR count). The highest BCUT2D eigenvalue weighted by atomic mass is 16.5. The smallest absolute Gasteiger partial charge is 0.347 e. The number of benzene rings is 2. The number of aliphatic carboxylic acids is 1. The van der Waals surface area contributed by atoms with E-state index in [2.05, 4.69) is 5.18 Å². The Morgan fingerprint density at radius 1 is 0.966 bits per heavy atom. The van der Waals surface area contributed by atoms with E-state index in [9.17, 15) is 19.6 Å². The number of nitrogens with zero attached hydrogens (tertiary/aromatic N) is 1. The molecule has 6 heteroatoms. The lowest BCUT2D eigenvalue weighted by Crippen LogP contribution is -2.38. The van der Waals surface area contributed by atoms with Gasteiger partial charge in [0, 0.05) is 5.56 Å². The van der Waals surface area contributed by atoms with Gasteiger partial charge in [-0.25, -0.2) is 4.79 Å². The highest BCUT2D eigenvalue weighted by Crippen LogP contribution is 2.29. The molecule has 0 amide bonds. The minimum absolute atomic E-state index is 0.184. The first-order valence-electron chi connectivity index (χ1n) is 9.17. The molecule has 0 saturated heterocycles. The van der Waals surface area contributed by atoms with Crippen LogP contribution < -0.4 is 4.74 Å². The SMILES string of the molecule is Cc1cc(C(=O)/C=C/c2cc(C)c(OC(C)(C)C(=O)O)c(C)c2)cc(C)c1N=O. The minimum Gasteiger partial charge on any atom is -0.478 e. The molecule has 0 aliphatic carbocycles. The number of carboxylic acids is 1. The Morgan fingerprint density at radius 2 is 1.48 bits per heavy atom. The number of carboxylic acid groups (broad SMARTS) is 1. The van der Waals surface area contributed by atoms with Crippen molar-refractivity contribution in [2.45, 2.75) is 47.1 Å². The zero-order chi connectivity index (χ0) is 21.9. The quantitative estimate of drug-likeness (QED) is 0.382. The summed E-state index contributed by atoms with van der Waals surface area (Å²) < 4.78 is 5.70. The summed E-state index contributed by atoms with van der Waals surface area (Å²) in [5, 5.41) is 12.3. The van der Waals surface area contributed by atoms with Gasteiger partial charge in [0.1, 0.15) is 11.4 Å². The van der Waals surface area contributed by atoms with Crippen molar-refractivity contribution in [3.05, 3.63) is 68.6 Å². The van der Waals surface area contributed by atoms with Crippen LogP contribution in [0.2, 0.25) is 0 Å². The van der Waals surface area contributed by atoms with E-state index in [1.165, 1.54) is 19.9 Å². The summed E-state index contributed by atoms with van der Waals surface area (Å²) in [7, 11) is 0. The van der Waals surface area contributed by atoms with Crippen molar-refractivity contribution in [3.8, 4) is 5.75 Å². The van der Waals surface area contributed by atoms with Crippen molar-refractivity contribution in [1.82, 2.24) is 0 Å². The number of allylic oxidation sites excluding steroid dienone is 1. The Hall–Kier alpha value is -3.28. The molecule has 0 aliphatic heterocycles. The number of hydrogen-bond donors (Lipinski definition) is 1. The van der Waals surface area contributed by atoms with Crippen molar-refractivity contribution >= 4 is 23.5 Å². The van der Waals surface area contributed by atoms with Crippen molar-refractivity contribution in [1.29, 1.82) is 0 Å². The number of aryl methyl sites for hydroxylation is 4. The van der Waals surface area contributed by atoms with Crippen LogP contribution in [0.5, 0.6) is 5.75 Å².